The van der Waals surface area contributed by atoms with E-state index >= 15 is 0 Å². The molecule has 8 nitrogen and oxygen atoms in total. The maximum atomic E-state index is 13.0. The number of aromatic nitrogens is 1. The number of rotatable bonds is 8. The van der Waals surface area contributed by atoms with Crippen molar-refractivity contribution in [2.45, 2.75) is 64.4 Å². The zero-order chi connectivity index (χ0) is 23.1. The Morgan fingerprint density at radius 2 is 1.91 bits per heavy atom. The molecule has 3 rings (SSSR count). The van der Waals surface area contributed by atoms with Gasteiger partial charge in [-0.25, -0.2) is 4.79 Å². The van der Waals surface area contributed by atoms with Crippen LogP contribution in [-0.4, -0.2) is 43.5 Å². The van der Waals surface area contributed by atoms with E-state index in [4.69, 9.17) is 14.0 Å². The largest absolute Gasteiger partial charge is 0.496 e. The summed E-state index contributed by atoms with van der Waals surface area (Å²) >= 11 is 0. The van der Waals surface area contributed by atoms with Gasteiger partial charge in [0.1, 0.15) is 17.6 Å². The van der Waals surface area contributed by atoms with Crippen molar-refractivity contribution in [1.29, 1.82) is 0 Å². The highest BCUT2D eigenvalue weighted by Crippen LogP contribution is 2.43. The highest BCUT2D eigenvalue weighted by atomic mass is 16.6. The second-order valence-corrected chi connectivity index (χ2v) is 8.21. The summed E-state index contributed by atoms with van der Waals surface area (Å²) in [5, 5.41) is 10.1. The number of alkyl carbamates (subject to hydrolysis) is 1. The summed E-state index contributed by atoms with van der Waals surface area (Å²) in [7, 11) is 1.55. The van der Waals surface area contributed by atoms with Crippen LogP contribution in [0.5, 0.6) is 5.75 Å². The van der Waals surface area contributed by atoms with Crippen molar-refractivity contribution in [1.82, 2.24) is 15.8 Å². The van der Waals surface area contributed by atoms with Gasteiger partial charge in [-0.05, 0) is 58.1 Å². The van der Waals surface area contributed by atoms with E-state index < -0.39 is 0 Å². The lowest BCUT2D eigenvalue weighted by Gasteiger charge is -2.40. The lowest BCUT2D eigenvalue weighted by Crippen LogP contribution is -2.45. The van der Waals surface area contributed by atoms with Gasteiger partial charge in [0.05, 0.1) is 18.4 Å². The Morgan fingerprint density at radius 1 is 1.19 bits per heavy atom. The Labute approximate surface area is 189 Å². The van der Waals surface area contributed by atoms with Crippen LogP contribution in [-0.2, 0) is 16.6 Å². The molecule has 0 spiro atoms. The molecule has 2 aromatic rings. The van der Waals surface area contributed by atoms with Crippen LogP contribution in [0.3, 0.4) is 0 Å². The molecule has 174 valence electrons. The van der Waals surface area contributed by atoms with Gasteiger partial charge in [-0.15, -0.1) is 0 Å². The van der Waals surface area contributed by atoms with E-state index in [0.29, 0.717) is 37.2 Å². The molecule has 1 aromatic carbocycles. The Kier molecular flexibility index (Phi) is 7.77. The van der Waals surface area contributed by atoms with Crippen molar-refractivity contribution in [2.24, 2.45) is 0 Å². The van der Waals surface area contributed by atoms with Crippen LogP contribution in [0.1, 0.15) is 66.9 Å². The normalized spacial score (nSPS) is 20.4. The van der Waals surface area contributed by atoms with E-state index in [1.807, 2.05) is 32.9 Å². The lowest BCUT2D eigenvalue weighted by atomic mass is 9.67. The molecule has 0 atom stereocenters. The van der Waals surface area contributed by atoms with Gasteiger partial charge in [0, 0.05) is 24.1 Å². The van der Waals surface area contributed by atoms with Crippen LogP contribution in [0.15, 0.2) is 28.8 Å². The van der Waals surface area contributed by atoms with E-state index in [9.17, 15) is 9.59 Å². The van der Waals surface area contributed by atoms with E-state index in [1.165, 1.54) is 0 Å². The summed E-state index contributed by atoms with van der Waals surface area (Å²) in [6, 6.07) is 7.17. The number of methoxy groups -OCH3 is 1. The zero-order valence-corrected chi connectivity index (χ0v) is 19.3. The molecular weight excluding hydrogens is 410 g/mol. The number of hydrogen-bond donors (Lipinski definition) is 2. The molecule has 0 aliphatic heterocycles. The predicted molar refractivity (Wildman–Crippen MR) is 120 cm³/mol. The summed E-state index contributed by atoms with van der Waals surface area (Å²) < 4.78 is 16.4. The summed E-state index contributed by atoms with van der Waals surface area (Å²) in [4.78, 5) is 24.9. The van der Waals surface area contributed by atoms with Crippen LogP contribution >= 0.6 is 0 Å². The van der Waals surface area contributed by atoms with Crippen LogP contribution < -0.4 is 15.4 Å². The number of nitrogens with zero attached hydrogens (tertiary/aromatic N) is 1. The Bertz CT molecular complexity index is 931. The molecule has 32 heavy (non-hydrogen) atoms. The van der Waals surface area contributed by atoms with Crippen LogP contribution in [0.25, 0.3) is 0 Å². The van der Waals surface area contributed by atoms with Crippen molar-refractivity contribution < 1.29 is 23.6 Å². The minimum atomic E-state index is -0.384. The number of carbonyl (C=O) groups excluding carboxylic acids is 2. The first-order valence-electron chi connectivity index (χ1n) is 11.3. The number of benzene rings is 1. The fraction of sp³-hybridized carbons (Fsp3) is 0.542. The third kappa shape index (κ3) is 5.06. The Balaban J connectivity index is 1.81. The molecule has 1 aliphatic rings. The summed E-state index contributed by atoms with van der Waals surface area (Å²) in [6.07, 6.45) is 3.12. The zero-order valence-electron chi connectivity index (χ0n) is 19.3. The third-order valence-electron chi connectivity index (χ3n) is 6.22. The van der Waals surface area contributed by atoms with Crippen LogP contribution in [0.2, 0.25) is 0 Å². The fourth-order valence-corrected chi connectivity index (χ4v) is 4.63. The highest BCUT2D eigenvalue weighted by Gasteiger charge is 2.42. The highest BCUT2D eigenvalue weighted by molar-refractivity contribution is 5.97. The molecule has 0 bridgehead atoms. The van der Waals surface area contributed by atoms with Gasteiger partial charge in [0.25, 0.3) is 5.91 Å². The van der Waals surface area contributed by atoms with Gasteiger partial charge in [0.15, 0.2) is 0 Å². The summed E-state index contributed by atoms with van der Waals surface area (Å²) in [5.74, 6) is 1.12. The average molecular weight is 444 g/mol. The minimum absolute atomic E-state index is 0.148. The van der Waals surface area contributed by atoms with E-state index in [1.54, 1.807) is 19.2 Å². The first-order chi connectivity index (χ1) is 15.4. The molecule has 1 saturated carbocycles. The molecule has 1 heterocycles. The first kappa shape index (κ1) is 23.6. The van der Waals surface area contributed by atoms with Crippen molar-refractivity contribution in [3.63, 3.8) is 0 Å². The molecular formula is C24H33N3O5. The molecule has 0 radical (unpaired) electrons. The number of hydrogen-bond acceptors (Lipinski definition) is 6. The first-order valence-corrected chi connectivity index (χ1v) is 11.3. The number of carbonyl (C=O) groups is 2. The summed E-state index contributed by atoms with van der Waals surface area (Å²) in [5.41, 5.74) is 2.14. The maximum Gasteiger partial charge on any atom is 0.407 e. The van der Waals surface area contributed by atoms with Gasteiger partial charge in [-0.3, -0.25) is 4.79 Å². The standard InChI is InChI=1S/C24H33N3O5/c1-5-19-21(16(3)32-27-19)24(13-11-17(12-14-24)31-23(29)25-6-2)15-26-22(28)18-9-7-8-10-20(18)30-4/h7-10,17H,5-6,11-15H2,1-4H3,(H,25,29)(H,26,28)/t17-,24-. The molecule has 1 aliphatic carbocycles. The van der Waals surface area contributed by atoms with Crippen molar-refractivity contribution in [2.75, 3.05) is 20.2 Å². The predicted octanol–water partition coefficient (Wildman–Crippen LogP) is 3.91. The van der Waals surface area contributed by atoms with Crippen molar-refractivity contribution in [3.8, 4) is 5.75 Å². The molecule has 0 saturated heterocycles. The molecule has 8 heteroatoms. The minimum Gasteiger partial charge on any atom is -0.496 e. The Morgan fingerprint density at radius 3 is 2.56 bits per heavy atom. The van der Waals surface area contributed by atoms with Crippen LogP contribution in [0.4, 0.5) is 4.79 Å². The molecule has 1 fully saturated rings. The SMILES string of the molecule is CCNC(=O)O[C@H]1CC[C@](CNC(=O)c2ccccc2OC)(c2c(CC)noc2C)CC1. The summed E-state index contributed by atoms with van der Waals surface area (Å²) in [6.45, 7) is 6.80. The number of amides is 2. The third-order valence-corrected chi connectivity index (χ3v) is 6.22. The van der Waals surface area contributed by atoms with Crippen LogP contribution in [0, 0.1) is 6.92 Å². The molecule has 2 N–H and O–H groups in total. The van der Waals surface area contributed by atoms with Gasteiger partial charge in [-0.1, -0.05) is 24.2 Å². The second kappa shape index (κ2) is 10.5. The Hall–Kier alpha value is -3.03. The van der Waals surface area contributed by atoms with E-state index in [0.717, 1.165) is 36.3 Å². The smallest absolute Gasteiger partial charge is 0.407 e. The van der Waals surface area contributed by atoms with Gasteiger partial charge in [-0.2, -0.15) is 0 Å². The average Bonchev–Trinajstić information content (AvgIpc) is 3.20. The maximum absolute atomic E-state index is 13.0. The quantitative estimate of drug-likeness (QED) is 0.641. The van der Waals surface area contributed by atoms with E-state index in [2.05, 4.69) is 15.8 Å². The van der Waals surface area contributed by atoms with E-state index in [-0.39, 0.29) is 23.5 Å². The molecule has 1 aromatic heterocycles. The number of nitrogens with one attached hydrogen (secondary N) is 2. The number of aryl methyl sites for hydroxylation is 2. The van der Waals surface area contributed by atoms with Crippen molar-refractivity contribution in [3.05, 3.63) is 46.8 Å². The molecule has 2 amide bonds. The fourth-order valence-electron chi connectivity index (χ4n) is 4.63. The lowest BCUT2D eigenvalue weighted by molar-refractivity contribution is 0.0563. The number of ether oxygens (including phenoxy) is 2. The van der Waals surface area contributed by atoms with Gasteiger partial charge < -0.3 is 24.6 Å². The number of para-hydroxylation sites is 1. The molecule has 0 unspecified atom stereocenters. The van der Waals surface area contributed by atoms with Gasteiger partial charge in [0.2, 0.25) is 0 Å². The second-order valence-electron chi connectivity index (χ2n) is 8.21. The van der Waals surface area contributed by atoms with Gasteiger partial charge >= 0.3 is 6.09 Å². The monoisotopic (exact) mass is 443 g/mol. The van der Waals surface area contributed by atoms with Crippen molar-refractivity contribution >= 4 is 12.0 Å². The topological polar surface area (TPSA) is 103 Å².